The van der Waals surface area contributed by atoms with Gasteiger partial charge in [0.25, 0.3) is 0 Å². The highest BCUT2D eigenvalue weighted by atomic mass is 79.9. The van der Waals surface area contributed by atoms with Crippen LogP contribution in [-0.4, -0.2) is 10.4 Å². The van der Waals surface area contributed by atoms with Crippen molar-refractivity contribution < 1.29 is 5.11 Å². The lowest BCUT2D eigenvalue weighted by atomic mass is 10.1. The monoisotopic (exact) mass is 240 g/mol. The second-order valence-corrected chi connectivity index (χ2v) is 3.77. The molecule has 0 saturated heterocycles. The van der Waals surface area contributed by atoms with Crippen LogP contribution in [-0.2, 0) is 0 Å². The van der Waals surface area contributed by atoms with Crippen LogP contribution < -0.4 is 0 Å². The predicted octanol–water partition coefficient (Wildman–Crippen LogP) is 3.50. The topological polar surface area (TPSA) is 20.2 Å². The van der Waals surface area contributed by atoms with Crippen LogP contribution in [0, 0.1) is 6.92 Å². The molecule has 1 aromatic rings. The Morgan fingerprint density at radius 3 is 2.77 bits per heavy atom. The van der Waals surface area contributed by atoms with E-state index in [0.717, 1.165) is 22.9 Å². The zero-order chi connectivity index (χ0) is 9.68. The molecule has 0 unspecified atom stereocenters. The highest BCUT2D eigenvalue weighted by molar-refractivity contribution is 9.09. The third kappa shape index (κ3) is 3.64. The van der Waals surface area contributed by atoms with E-state index in [1.54, 1.807) is 12.1 Å². The predicted molar refractivity (Wildman–Crippen MR) is 60.3 cm³/mol. The Labute approximate surface area is 87.2 Å². The first-order valence-corrected chi connectivity index (χ1v) is 5.37. The van der Waals surface area contributed by atoms with Gasteiger partial charge < -0.3 is 5.11 Å². The zero-order valence-corrected chi connectivity index (χ0v) is 9.21. The molecule has 0 bridgehead atoms. The lowest BCUT2D eigenvalue weighted by Crippen LogP contribution is -1.76. The van der Waals surface area contributed by atoms with Crippen LogP contribution in [0.3, 0.4) is 0 Å². The second kappa shape index (κ2) is 5.07. The van der Waals surface area contributed by atoms with Crippen LogP contribution in [0.5, 0.6) is 5.75 Å². The van der Waals surface area contributed by atoms with Gasteiger partial charge in [0.2, 0.25) is 0 Å². The minimum Gasteiger partial charge on any atom is -0.508 e. The Balaban J connectivity index is 2.77. The first-order chi connectivity index (χ1) is 6.22. The average Bonchev–Trinajstić information content (AvgIpc) is 2.03. The van der Waals surface area contributed by atoms with E-state index in [0.29, 0.717) is 5.75 Å². The Kier molecular flexibility index (Phi) is 4.03. The van der Waals surface area contributed by atoms with Gasteiger partial charge in [-0.25, -0.2) is 0 Å². The molecule has 1 N–H and O–H groups in total. The van der Waals surface area contributed by atoms with Crippen LogP contribution in [0.25, 0.3) is 6.08 Å². The van der Waals surface area contributed by atoms with Crippen molar-refractivity contribution in [2.45, 2.75) is 13.3 Å². The number of rotatable bonds is 3. The summed E-state index contributed by atoms with van der Waals surface area (Å²) in [6.07, 6.45) is 5.12. The molecular weight excluding hydrogens is 228 g/mol. The summed E-state index contributed by atoms with van der Waals surface area (Å²) in [5.74, 6) is 0.332. The van der Waals surface area contributed by atoms with Crippen molar-refractivity contribution in [2.75, 3.05) is 5.33 Å². The van der Waals surface area contributed by atoms with E-state index in [9.17, 15) is 5.11 Å². The Morgan fingerprint density at radius 1 is 1.38 bits per heavy atom. The van der Waals surface area contributed by atoms with E-state index in [1.165, 1.54) is 0 Å². The van der Waals surface area contributed by atoms with Gasteiger partial charge in [-0.1, -0.05) is 34.1 Å². The number of allylic oxidation sites excluding steroid dienone is 1. The number of halogens is 1. The Morgan fingerprint density at radius 2 is 2.15 bits per heavy atom. The SMILES string of the molecule is Cc1cc(O)cc(C=CCCBr)c1. The number of alkyl halides is 1. The Hall–Kier alpha value is -0.760. The number of hydrogen-bond donors (Lipinski definition) is 1. The fourth-order valence-electron chi connectivity index (χ4n) is 1.17. The van der Waals surface area contributed by atoms with Crippen LogP contribution in [0.1, 0.15) is 17.5 Å². The number of phenols is 1. The fourth-order valence-corrected chi connectivity index (χ4v) is 1.43. The molecule has 1 rings (SSSR count). The molecule has 13 heavy (non-hydrogen) atoms. The number of phenolic OH excluding ortho intramolecular Hbond substituents is 1. The molecule has 0 fully saturated rings. The van der Waals surface area contributed by atoms with E-state index in [2.05, 4.69) is 22.0 Å². The summed E-state index contributed by atoms with van der Waals surface area (Å²) in [7, 11) is 0. The standard InChI is InChI=1S/C11H13BrO/c1-9-6-10(4-2-3-5-12)8-11(13)7-9/h2,4,6-8,13H,3,5H2,1H3. The van der Waals surface area contributed by atoms with Crippen molar-refractivity contribution in [2.24, 2.45) is 0 Å². The van der Waals surface area contributed by atoms with Crippen LogP contribution in [0.4, 0.5) is 0 Å². The van der Waals surface area contributed by atoms with Gasteiger partial charge in [-0.15, -0.1) is 0 Å². The lowest BCUT2D eigenvalue weighted by Gasteiger charge is -1.98. The summed E-state index contributed by atoms with van der Waals surface area (Å²) in [6.45, 7) is 1.97. The number of hydrogen-bond acceptors (Lipinski definition) is 1. The minimum atomic E-state index is 0.332. The van der Waals surface area contributed by atoms with Gasteiger partial charge in [-0.2, -0.15) is 0 Å². The van der Waals surface area contributed by atoms with Crippen LogP contribution >= 0.6 is 15.9 Å². The molecule has 1 aromatic carbocycles. The highest BCUT2D eigenvalue weighted by Crippen LogP contribution is 2.16. The summed E-state index contributed by atoms with van der Waals surface area (Å²) < 4.78 is 0. The van der Waals surface area contributed by atoms with Crippen molar-refractivity contribution in [3.8, 4) is 5.75 Å². The zero-order valence-electron chi connectivity index (χ0n) is 7.63. The molecule has 2 heteroatoms. The molecular formula is C11H13BrO. The molecule has 0 radical (unpaired) electrons. The first kappa shape index (κ1) is 10.3. The maximum atomic E-state index is 9.31. The van der Waals surface area contributed by atoms with Crippen molar-refractivity contribution in [3.05, 3.63) is 35.4 Å². The van der Waals surface area contributed by atoms with Crippen molar-refractivity contribution >= 4 is 22.0 Å². The van der Waals surface area contributed by atoms with E-state index < -0.39 is 0 Å². The third-order valence-corrected chi connectivity index (χ3v) is 2.13. The van der Waals surface area contributed by atoms with E-state index in [1.807, 2.05) is 19.1 Å². The van der Waals surface area contributed by atoms with Gasteiger partial charge in [0, 0.05) is 5.33 Å². The lowest BCUT2D eigenvalue weighted by molar-refractivity contribution is 0.475. The van der Waals surface area contributed by atoms with Gasteiger partial charge in [0.05, 0.1) is 0 Å². The molecule has 0 atom stereocenters. The van der Waals surface area contributed by atoms with E-state index >= 15 is 0 Å². The number of aryl methyl sites for hydroxylation is 1. The number of benzene rings is 1. The maximum absolute atomic E-state index is 9.31. The van der Waals surface area contributed by atoms with Gasteiger partial charge in [0.15, 0.2) is 0 Å². The molecule has 0 spiro atoms. The third-order valence-electron chi connectivity index (χ3n) is 1.67. The van der Waals surface area contributed by atoms with Gasteiger partial charge in [-0.05, 0) is 36.6 Å². The molecule has 1 nitrogen and oxygen atoms in total. The summed E-state index contributed by atoms with van der Waals surface area (Å²) in [4.78, 5) is 0. The molecule has 0 aliphatic rings. The molecule has 0 aliphatic carbocycles. The molecule has 0 amide bonds. The first-order valence-electron chi connectivity index (χ1n) is 4.25. The molecule has 0 heterocycles. The second-order valence-electron chi connectivity index (χ2n) is 2.98. The summed E-state index contributed by atoms with van der Waals surface area (Å²) >= 11 is 3.35. The highest BCUT2D eigenvalue weighted by Gasteiger charge is 1.92. The van der Waals surface area contributed by atoms with Crippen molar-refractivity contribution in [3.63, 3.8) is 0 Å². The average molecular weight is 241 g/mol. The van der Waals surface area contributed by atoms with E-state index in [-0.39, 0.29) is 0 Å². The smallest absolute Gasteiger partial charge is 0.116 e. The molecule has 0 aromatic heterocycles. The van der Waals surface area contributed by atoms with E-state index in [4.69, 9.17) is 0 Å². The van der Waals surface area contributed by atoms with Gasteiger partial charge in [0.1, 0.15) is 5.75 Å². The van der Waals surface area contributed by atoms with Crippen molar-refractivity contribution in [1.29, 1.82) is 0 Å². The number of aromatic hydroxyl groups is 1. The fraction of sp³-hybridized carbons (Fsp3) is 0.273. The van der Waals surface area contributed by atoms with Crippen LogP contribution in [0.15, 0.2) is 24.3 Å². The molecule has 0 saturated carbocycles. The molecule has 0 aliphatic heterocycles. The van der Waals surface area contributed by atoms with Crippen molar-refractivity contribution in [1.82, 2.24) is 0 Å². The normalized spacial score (nSPS) is 10.9. The largest absolute Gasteiger partial charge is 0.508 e. The molecule has 70 valence electrons. The Bertz CT molecular complexity index is 285. The quantitative estimate of drug-likeness (QED) is 0.803. The van der Waals surface area contributed by atoms with Gasteiger partial charge >= 0.3 is 0 Å². The van der Waals surface area contributed by atoms with Crippen LogP contribution in [0.2, 0.25) is 0 Å². The summed E-state index contributed by atoms with van der Waals surface area (Å²) in [5.41, 5.74) is 2.14. The summed E-state index contributed by atoms with van der Waals surface area (Å²) in [6, 6.07) is 5.56. The minimum absolute atomic E-state index is 0.332. The summed E-state index contributed by atoms with van der Waals surface area (Å²) in [5, 5.41) is 10.3. The maximum Gasteiger partial charge on any atom is 0.116 e. The van der Waals surface area contributed by atoms with Gasteiger partial charge in [-0.3, -0.25) is 0 Å².